The summed E-state index contributed by atoms with van der Waals surface area (Å²) in [7, 11) is 0. The van der Waals surface area contributed by atoms with Crippen LogP contribution in [0.3, 0.4) is 0 Å². The Labute approximate surface area is 151 Å². The summed E-state index contributed by atoms with van der Waals surface area (Å²) in [5.74, 6) is -0.395. The van der Waals surface area contributed by atoms with Gasteiger partial charge in [0.1, 0.15) is 23.7 Å². The number of benzene rings is 2. The number of nitrogens with one attached hydrogen (secondary N) is 2. The first kappa shape index (κ1) is 17.5. The molecule has 0 fully saturated rings. The van der Waals surface area contributed by atoms with E-state index in [2.05, 4.69) is 20.6 Å². The molecule has 3 rings (SSSR count). The van der Waals surface area contributed by atoms with Crippen molar-refractivity contribution in [3.05, 3.63) is 77.5 Å². The van der Waals surface area contributed by atoms with Crippen LogP contribution >= 0.6 is 0 Å². The number of halogens is 1. The quantitative estimate of drug-likeness (QED) is 0.712. The van der Waals surface area contributed by atoms with Gasteiger partial charge in [0, 0.05) is 11.8 Å². The third-order valence-corrected chi connectivity index (χ3v) is 4.01. The summed E-state index contributed by atoms with van der Waals surface area (Å²) in [6, 6.07) is 13.6. The minimum atomic E-state index is -0.399. The second kappa shape index (κ2) is 7.74. The number of aryl methyl sites for hydroxylation is 2. The number of hydrogen-bond acceptors (Lipinski definition) is 4. The Bertz CT molecular complexity index is 943. The minimum absolute atomic E-state index is 0.198. The average Bonchev–Trinajstić information content (AvgIpc) is 2.65. The summed E-state index contributed by atoms with van der Waals surface area (Å²) in [4.78, 5) is 20.7. The van der Waals surface area contributed by atoms with Crippen LogP contribution in [0, 0.1) is 12.7 Å². The lowest BCUT2D eigenvalue weighted by atomic mass is 10.1. The first-order chi connectivity index (χ1) is 12.6. The fourth-order valence-electron chi connectivity index (χ4n) is 2.63. The van der Waals surface area contributed by atoms with Crippen LogP contribution in [0.15, 0.2) is 54.9 Å². The lowest BCUT2D eigenvalue weighted by Crippen LogP contribution is -2.16. The molecule has 0 aliphatic heterocycles. The molecule has 1 aromatic heterocycles. The zero-order valence-electron chi connectivity index (χ0n) is 14.6. The van der Waals surface area contributed by atoms with Crippen molar-refractivity contribution in [1.82, 2.24) is 9.97 Å². The highest BCUT2D eigenvalue weighted by Crippen LogP contribution is 2.22. The molecule has 2 aromatic carbocycles. The van der Waals surface area contributed by atoms with Gasteiger partial charge in [0.2, 0.25) is 0 Å². The molecule has 1 amide bonds. The number of para-hydroxylation sites is 2. The van der Waals surface area contributed by atoms with Crippen LogP contribution in [-0.4, -0.2) is 15.9 Å². The highest BCUT2D eigenvalue weighted by atomic mass is 19.1. The minimum Gasteiger partial charge on any atom is -0.338 e. The molecule has 0 spiro atoms. The molecule has 0 unspecified atom stereocenters. The maximum Gasteiger partial charge on any atom is 0.274 e. The number of anilines is 3. The lowest BCUT2D eigenvalue weighted by molar-refractivity contribution is 0.102. The molecule has 0 radical (unpaired) electrons. The number of carbonyl (C=O) groups excluding carboxylic acids is 1. The largest absolute Gasteiger partial charge is 0.338 e. The van der Waals surface area contributed by atoms with E-state index in [1.165, 1.54) is 18.5 Å². The smallest absolute Gasteiger partial charge is 0.274 e. The Balaban J connectivity index is 1.82. The monoisotopic (exact) mass is 350 g/mol. The van der Waals surface area contributed by atoms with Crippen molar-refractivity contribution >= 4 is 23.1 Å². The standard InChI is InChI=1S/C20H19FN4O/c1-3-14-8-6-7-13(2)19(14)25-20(26)17-11-18(23-12-22-17)24-16-10-5-4-9-15(16)21/h4-12H,3H2,1-2H3,(H,25,26)(H,22,23,24). The van der Waals surface area contributed by atoms with Crippen LogP contribution < -0.4 is 10.6 Å². The zero-order chi connectivity index (χ0) is 18.5. The normalized spacial score (nSPS) is 10.4. The summed E-state index contributed by atoms with van der Waals surface area (Å²) < 4.78 is 13.8. The first-order valence-corrected chi connectivity index (χ1v) is 8.32. The lowest BCUT2D eigenvalue weighted by Gasteiger charge is -2.13. The van der Waals surface area contributed by atoms with Crippen molar-refractivity contribution in [3.8, 4) is 0 Å². The highest BCUT2D eigenvalue weighted by molar-refractivity contribution is 6.04. The summed E-state index contributed by atoms with van der Waals surface area (Å²) in [6.45, 7) is 3.98. The Kier molecular flexibility index (Phi) is 5.22. The van der Waals surface area contributed by atoms with Crippen molar-refractivity contribution in [3.63, 3.8) is 0 Å². The van der Waals surface area contributed by atoms with Gasteiger partial charge >= 0.3 is 0 Å². The van der Waals surface area contributed by atoms with Crippen molar-refractivity contribution in [2.45, 2.75) is 20.3 Å². The Morgan fingerprint density at radius 1 is 1.12 bits per heavy atom. The van der Waals surface area contributed by atoms with Gasteiger partial charge in [0.05, 0.1) is 5.69 Å². The van der Waals surface area contributed by atoms with Crippen LogP contribution in [0.4, 0.5) is 21.6 Å². The SMILES string of the molecule is CCc1cccc(C)c1NC(=O)c1cc(Nc2ccccc2F)ncn1. The van der Waals surface area contributed by atoms with Gasteiger partial charge in [-0.3, -0.25) is 4.79 Å². The van der Waals surface area contributed by atoms with Crippen LogP contribution in [0.1, 0.15) is 28.5 Å². The van der Waals surface area contributed by atoms with Crippen LogP contribution in [0.5, 0.6) is 0 Å². The molecule has 6 heteroatoms. The summed E-state index contributed by atoms with van der Waals surface area (Å²) >= 11 is 0. The van der Waals surface area contributed by atoms with Gasteiger partial charge in [-0.25, -0.2) is 14.4 Å². The Morgan fingerprint density at radius 2 is 1.92 bits per heavy atom. The maximum atomic E-state index is 13.8. The number of amides is 1. The van der Waals surface area contributed by atoms with E-state index in [-0.39, 0.29) is 17.3 Å². The van der Waals surface area contributed by atoms with Gasteiger partial charge in [0.15, 0.2) is 0 Å². The molecule has 132 valence electrons. The Morgan fingerprint density at radius 3 is 2.69 bits per heavy atom. The number of rotatable bonds is 5. The molecular formula is C20H19FN4O. The van der Waals surface area contributed by atoms with Gasteiger partial charge in [-0.15, -0.1) is 0 Å². The maximum absolute atomic E-state index is 13.8. The van der Waals surface area contributed by atoms with Crippen molar-refractivity contribution < 1.29 is 9.18 Å². The average molecular weight is 350 g/mol. The zero-order valence-corrected chi connectivity index (χ0v) is 14.6. The van der Waals surface area contributed by atoms with E-state index in [0.29, 0.717) is 5.82 Å². The van der Waals surface area contributed by atoms with Gasteiger partial charge in [-0.05, 0) is 36.6 Å². The molecule has 1 heterocycles. The molecule has 26 heavy (non-hydrogen) atoms. The van der Waals surface area contributed by atoms with Crippen LogP contribution in [-0.2, 0) is 6.42 Å². The third kappa shape index (κ3) is 3.85. The Hall–Kier alpha value is -3.28. The molecule has 0 saturated carbocycles. The molecule has 5 nitrogen and oxygen atoms in total. The molecule has 0 aliphatic rings. The molecule has 0 atom stereocenters. The van der Waals surface area contributed by atoms with Crippen LogP contribution in [0.2, 0.25) is 0 Å². The molecule has 0 bridgehead atoms. The molecule has 3 aromatic rings. The number of aromatic nitrogens is 2. The van der Waals surface area contributed by atoms with E-state index in [1.807, 2.05) is 32.0 Å². The van der Waals surface area contributed by atoms with Crippen molar-refractivity contribution in [2.24, 2.45) is 0 Å². The van der Waals surface area contributed by atoms with Crippen molar-refractivity contribution in [2.75, 3.05) is 10.6 Å². The summed E-state index contributed by atoms with van der Waals surface area (Å²) in [6.07, 6.45) is 2.08. The van der Waals surface area contributed by atoms with E-state index in [0.717, 1.165) is 23.2 Å². The van der Waals surface area contributed by atoms with E-state index in [4.69, 9.17) is 0 Å². The first-order valence-electron chi connectivity index (χ1n) is 8.32. The second-order valence-corrected chi connectivity index (χ2v) is 5.81. The highest BCUT2D eigenvalue weighted by Gasteiger charge is 2.13. The summed E-state index contributed by atoms with van der Waals surface area (Å²) in [5.41, 5.74) is 3.31. The predicted octanol–water partition coefficient (Wildman–Crippen LogP) is 4.48. The van der Waals surface area contributed by atoms with Gasteiger partial charge < -0.3 is 10.6 Å². The third-order valence-electron chi connectivity index (χ3n) is 4.01. The topological polar surface area (TPSA) is 66.9 Å². The van der Waals surface area contributed by atoms with E-state index >= 15 is 0 Å². The van der Waals surface area contributed by atoms with Crippen LogP contribution in [0.25, 0.3) is 0 Å². The van der Waals surface area contributed by atoms with Gasteiger partial charge in [-0.2, -0.15) is 0 Å². The van der Waals surface area contributed by atoms with Gasteiger partial charge in [-0.1, -0.05) is 37.3 Å². The molecule has 0 aliphatic carbocycles. The number of hydrogen-bond donors (Lipinski definition) is 2. The van der Waals surface area contributed by atoms with Gasteiger partial charge in [0.25, 0.3) is 5.91 Å². The van der Waals surface area contributed by atoms with E-state index < -0.39 is 5.82 Å². The van der Waals surface area contributed by atoms with Crippen molar-refractivity contribution in [1.29, 1.82) is 0 Å². The van der Waals surface area contributed by atoms with E-state index in [1.54, 1.807) is 18.2 Å². The van der Waals surface area contributed by atoms with E-state index in [9.17, 15) is 9.18 Å². The molecular weight excluding hydrogens is 331 g/mol. The molecule has 0 saturated heterocycles. The number of nitrogens with zero attached hydrogens (tertiary/aromatic N) is 2. The summed E-state index contributed by atoms with van der Waals surface area (Å²) in [5, 5.41) is 5.78. The number of carbonyl (C=O) groups is 1. The molecule has 2 N–H and O–H groups in total. The predicted molar refractivity (Wildman–Crippen MR) is 100 cm³/mol. The fourth-order valence-corrected chi connectivity index (χ4v) is 2.63. The fraction of sp³-hybridized carbons (Fsp3) is 0.150. The second-order valence-electron chi connectivity index (χ2n) is 5.81.